The number of amidine groups is 1. The molecule has 14 heteroatoms. The van der Waals surface area contributed by atoms with Crippen molar-refractivity contribution in [1.82, 2.24) is 25.5 Å². The average molecular weight is 526 g/mol. The Morgan fingerprint density at radius 3 is 2.62 bits per heavy atom. The topological polar surface area (TPSA) is 156 Å². The van der Waals surface area contributed by atoms with Crippen LogP contribution in [0.15, 0.2) is 40.9 Å². The van der Waals surface area contributed by atoms with Gasteiger partial charge in [-0.25, -0.2) is 9.97 Å². The van der Waals surface area contributed by atoms with Crippen molar-refractivity contribution in [3.8, 4) is 11.5 Å². The number of hydrogen-bond donors (Lipinski definition) is 5. The van der Waals surface area contributed by atoms with Gasteiger partial charge in [0.05, 0.1) is 17.8 Å². The number of amides is 1. The SMILES string of the molecule is CN/C=C(/NC(=O)c1coc(-c2ccnc(NCC(F)(F)F)c2)n1)C(=N)N(C)[C@@H](C)C(O)C(C)(C)C=O. The molecule has 0 aromatic carbocycles. The minimum Gasteiger partial charge on any atom is -0.444 e. The molecular formula is C23H30F3N7O4. The third-order valence-electron chi connectivity index (χ3n) is 5.49. The first-order valence-corrected chi connectivity index (χ1v) is 11.1. The highest BCUT2D eigenvalue weighted by molar-refractivity contribution is 6.03. The predicted molar refractivity (Wildman–Crippen MR) is 130 cm³/mol. The van der Waals surface area contributed by atoms with Crippen molar-refractivity contribution < 1.29 is 32.3 Å². The van der Waals surface area contributed by atoms with Crippen molar-refractivity contribution >= 4 is 23.8 Å². The van der Waals surface area contributed by atoms with Gasteiger partial charge >= 0.3 is 6.18 Å². The first kappa shape index (κ1) is 29.3. The van der Waals surface area contributed by atoms with E-state index >= 15 is 0 Å². The summed E-state index contributed by atoms with van der Waals surface area (Å²) in [6.07, 6.45) is -1.19. The Hall–Kier alpha value is -3.94. The van der Waals surface area contributed by atoms with Gasteiger partial charge in [-0.15, -0.1) is 0 Å². The van der Waals surface area contributed by atoms with Gasteiger partial charge in [0.25, 0.3) is 5.91 Å². The first-order chi connectivity index (χ1) is 17.2. The number of rotatable bonds is 11. The number of hydrogen-bond acceptors (Lipinski definition) is 9. The second kappa shape index (κ2) is 11.9. The van der Waals surface area contributed by atoms with E-state index in [9.17, 15) is 27.9 Å². The molecule has 2 rings (SSSR count). The molecule has 1 amide bonds. The lowest BCUT2D eigenvalue weighted by atomic mass is 9.84. The van der Waals surface area contributed by atoms with Gasteiger partial charge in [-0.05, 0) is 19.1 Å². The average Bonchev–Trinajstić information content (AvgIpc) is 3.36. The van der Waals surface area contributed by atoms with E-state index in [-0.39, 0.29) is 34.5 Å². The third kappa shape index (κ3) is 7.77. The van der Waals surface area contributed by atoms with Gasteiger partial charge in [0.2, 0.25) is 5.89 Å². The van der Waals surface area contributed by atoms with Gasteiger partial charge < -0.3 is 35.2 Å². The number of carbonyl (C=O) groups excluding carboxylic acids is 2. The van der Waals surface area contributed by atoms with Gasteiger partial charge in [-0.2, -0.15) is 13.2 Å². The lowest BCUT2D eigenvalue weighted by molar-refractivity contribution is -0.122. The molecule has 37 heavy (non-hydrogen) atoms. The van der Waals surface area contributed by atoms with Gasteiger partial charge in [0, 0.05) is 37.5 Å². The largest absolute Gasteiger partial charge is 0.444 e. The lowest BCUT2D eigenvalue weighted by Crippen LogP contribution is -2.50. The standard InChI is InChI=1S/C23H30F3N7O4/c1-13(18(35)22(2,3)12-34)33(5)19(27)15(9-28-4)31-20(36)16-10-37-21(32-16)14-6-7-29-17(8-14)30-11-23(24,25)26/h6-10,12-13,18,27-28,35H,11H2,1-5H3,(H,29,30)(H,31,36)/b15-9+,27-19?/t13-,18?/m0/s1. The number of aliphatic hydroxyl groups is 1. The van der Waals surface area contributed by atoms with Crippen LogP contribution >= 0.6 is 0 Å². The molecule has 2 aromatic heterocycles. The summed E-state index contributed by atoms with van der Waals surface area (Å²) in [6, 6.07) is 2.09. The van der Waals surface area contributed by atoms with Crippen LogP contribution in [0.4, 0.5) is 19.0 Å². The number of halogens is 3. The zero-order chi connectivity index (χ0) is 28.0. The summed E-state index contributed by atoms with van der Waals surface area (Å²) >= 11 is 0. The van der Waals surface area contributed by atoms with Gasteiger partial charge in [0.15, 0.2) is 5.69 Å². The van der Waals surface area contributed by atoms with Crippen LogP contribution in [0.3, 0.4) is 0 Å². The maximum absolute atomic E-state index is 12.8. The normalized spacial score (nSPS) is 13.9. The molecule has 0 fully saturated rings. The van der Waals surface area contributed by atoms with Crippen LogP contribution in [0.1, 0.15) is 31.3 Å². The quantitative estimate of drug-likeness (QED) is 0.169. The molecule has 1 unspecified atom stereocenters. The predicted octanol–water partition coefficient (Wildman–Crippen LogP) is 2.38. The Balaban J connectivity index is 2.16. The molecule has 0 saturated heterocycles. The van der Waals surface area contributed by atoms with Crippen LogP contribution in [-0.4, -0.2) is 77.0 Å². The zero-order valence-corrected chi connectivity index (χ0v) is 21.0. The summed E-state index contributed by atoms with van der Waals surface area (Å²) < 4.78 is 42.7. The number of aldehydes is 1. The van der Waals surface area contributed by atoms with E-state index in [1.54, 1.807) is 27.8 Å². The van der Waals surface area contributed by atoms with Crippen LogP contribution in [0.5, 0.6) is 0 Å². The van der Waals surface area contributed by atoms with Crippen LogP contribution in [0.2, 0.25) is 0 Å². The maximum atomic E-state index is 12.8. The van der Waals surface area contributed by atoms with Crippen molar-refractivity contribution in [2.75, 3.05) is 26.0 Å². The molecule has 0 radical (unpaired) electrons. The van der Waals surface area contributed by atoms with E-state index in [4.69, 9.17) is 9.83 Å². The molecule has 0 saturated carbocycles. The molecule has 0 aliphatic rings. The van der Waals surface area contributed by atoms with Gasteiger partial charge in [-0.3, -0.25) is 10.2 Å². The minimum absolute atomic E-state index is 0.0261. The summed E-state index contributed by atoms with van der Waals surface area (Å²) in [4.78, 5) is 33.5. The number of aliphatic hydroxyl groups excluding tert-OH is 1. The number of nitrogens with zero attached hydrogens (tertiary/aromatic N) is 3. The van der Waals surface area contributed by atoms with Crippen molar-refractivity contribution in [2.45, 2.75) is 39.1 Å². The number of alkyl halides is 3. The number of nitrogens with one attached hydrogen (secondary N) is 4. The molecule has 2 atom stereocenters. The highest BCUT2D eigenvalue weighted by Crippen LogP contribution is 2.24. The van der Waals surface area contributed by atoms with Crippen LogP contribution in [-0.2, 0) is 4.79 Å². The Labute approximate surface area is 211 Å². The number of pyridine rings is 1. The molecule has 0 bridgehead atoms. The highest BCUT2D eigenvalue weighted by Gasteiger charge is 2.35. The Morgan fingerprint density at radius 2 is 2.03 bits per heavy atom. The monoisotopic (exact) mass is 525 g/mol. The Bertz CT molecular complexity index is 1150. The summed E-state index contributed by atoms with van der Waals surface area (Å²) in [7, 11) is 3.10. The van der Waals surface area contributed by atoms with E-state index in [1.807, 2.05) is 0 Å². The van der Waals surface area contributed by atoms with Crippen molar-refractivity contribution in [3.05, 3.63) is 42.2 Å². The van der Waals surface area contributed by atoms with E-state index in [0.717, 1.165) is 6.26 Å². The van der Waals surface area contributed by atoms with Gasteiger partial charge in [-0.1, -0.05) is 13.8 Å². The summed E-state index contributed by atoms with van der Waals surface area (Å²) in [5.74, 6) is -0.958. The van der Waals surface area contributed by atoms with Crippen LogP contribution < -0.4 is 16.0 Å². The van der Waals surface area contributed by atoms with E-state index < -0.39 is 36.2 Å². The van der Waals surface area contributed by atoms with Gasteiger partial charge in [0.1, 0.15) is 30.7 Å². The second-order valence-corrected chi connectivity index (χ2v) is 8.82. The van der Waals surface area contributed by atoms with E-state index in [0.29, 0.717) is 6.29 Å². The first-order valence-electron chi connectivity index (χ1n) is 11.1. The molecule has 2 aromatic rings. The number of carbonyl (C=O) groups is 2. The molecule has 0 aliphatic heterocycles. The molecule has 5 N–H and O–H groups in total. The van der Waals surface area contributed by atoms with Crippen molar-refractivity contribution in [3.63, 3.8) is 0 Å². The molecular weight excluding hydrogens is 495 g/mol. The van der Waals surface area contributed by atoms with Crippen molar-refractivity contribution in [2.24, 2.45) is 5.41 Å². The molecule has 202 valence electrons. The maximum Gasteiger partial charge on any atom is 0.405 e. The minimum atomic E-state index is -4.42. The number of oxazole rings is 1. The van der Waals surface area contributed by atoms with Crippen LogP contribution in [0, 0.1) is 10.8 Å². The smallest absolute Gasteiger partial charge is 0.405 e. The molecule has 0 aliphatic carbocycles. The summed E-state index contributed by atoms with van der Waals surface area (Å²) in [5.41, 5.74) is -0.872. The zero-order valence-electron chi connectivity index (χ0n) is 21.0. The fourth-order valence-corrected chi connectivity index (χ4v) is 3.15. The Morgan fingerprint density at radius 1 is 1.35 bits per heavy atom. The van der Waals surface area contributed by atoms with E-state index in [1.165, 1.54) is 36.5 Å². The fraction of sp³-hybridized carbons (Fsp3) is 0.435. The number of likely N-dealkylation sites (N-methyl/N-ethyl adjacent to an activating group) is 1. The summed E-state index contributed by atoms with van der Waals surface area (Å²) in [5, 5.41) is 26.5. The third-order valence-corrected chi connectivity index (χ3v) is 5.49. The molecule has 2 heterocycles. The second-order valence-electron chi connectivity index (χ2n) is 8.82. The van der Waals surface area contributed by atoms with E-state index in [2.05, 4.69) is 25.9 Å². The molecule has 0 spiro atoms. The fourth-order valence-electron chi connectivity index (χ4n) is 3.15. The lowest BCUT2D eigenvalue weighted by Gasteiger charge is -2.36. The number of aromatic nitrogens is 2. The Kier molecular flexibility index (Phi) is 9.39. The van der Waals surface area contributed by atoms with Crippen LogP contribution in [0.25, 0.3) is 11.5 Å². The highest BCUT2D eigenvalue weighted by atomic mass is 19.4. The molecule has 11 nitrogen and oxygen atoms in total. The number of anilines is 1. The van der Waals surface area contributed by atoms with Crippen molar-refractivity contribution in [1.29, 1.82) is 5.41 Å². The summed E-state index contributed by atoms with van der Waals surface area (Å²) in [6.45, 7) is 3.52.